The van der Waals surface area contributed by atoms with Gasteiger partial charge in [0.15, 0.2) is 12.4 Å². The van der Waals surface area contributed by atoms with E-state index in [9.17, 15) is 27.9 Å². The largest absolute Gasteiger partial charge is 0.494 e. The molecule has 1 heterocycles. The molecule has 0 atom stereocenters. The summed E-state index contributed by atoms with van der Waals surface area (Å²) in [6.45, 7) is -0.402. The normalized spacial score (nSPS) is 11.4. The number of carbonyl (C=O) groups excluding carboxylic acids is 1. The van der Waals surface area contributed by atoms with Crippen molar-refractivity contribution in [3.8, 4) is 11.6 Å². The molecule has 0 spiro atoms. The van der Waals surface area contributed by atoms with E-state index >= 15 is 0 Å². The second-order valence-corrected chi connectivity index (χ2v) is 6.97. The van der Waals surface area contributed by atoms with Crippen LogP contribution >= 0.6 is 11.3 Å². The van der Waals surface area contributed by atoms with Crippen LogP contribution in [0.4, 0.5) is 13.2 Å². The summed E-state index contributed by atoms with van der Waals surface area (Å²) in [5.74, 6) is -0.366. The molecule has 0 fully saturated rings. The molecule has 1 aromatic heterocycles. The number of aromatic hydroxyl groups is 1. The van der Waals surface area contributed by atoms with Gasteiger partial charge in [0.05, 0.1) is 10.4 Å². The third-order valence-electron chi connectivity index (χ3n) is 3.87. The second kappa shape index (κ2) is 7.89. The summed E-state index contributed by atoms with van der Waals surface area (Å²) >= 11 is 0.911. The number of hydrogen-bond acceptors (Lipinski definition) is 5. The highest BCUT2D eigenvalue weighted by Crippen LogP contribution is 2.29. The molecule has 0 aliphatic carbocycles. The zero-order valence-corrected chi connectivity index (χ0v) is 15.1. The number of carbonyl (C=O) groups is 1. The fourth-order valence-electron chi connectivity index (χ4n) is 2.46. The van der Waals surface area contributed by atoms with E-state index in [-0.39, 0.29) is 16.3 Å². The van der Waals surface area contributed by atoms with Crippen LogP contribution in [0.15, 0.2) is 53.3 Å². The van der Waals surface area contributed by atoms with Crippen LogP contribution in [0.3, 0.4) is 0 Å². The molecule has 146 valence electrons. The minimum atomic E-state index is -4.52. The quantitative estimate of drug-likeness (QED) is 0.603. The van der Waals surface area contributed by atoms with Gasteiger partial charge < -0.3 is 9.84 Å². The maximum Gasteiger partial charge on any atom is 0.416 e. The lowest BCUT2D eigenvalue weighted by atomic mass is 10.1. The van der Waals surface area contributed by atoms with Gasteiger partial charge in [0, 0.05) is 12.0 Å². The van der Waals surface area contributed by atoms with Gasteiger partial charge in [0.1, 0.15) is 5.75 Å². The van der Waals surface area contributed by atoms with Crippen molar-refractivity contribution in [3.63, 3.8) is 0 Å². The highest BCUT2D eigenvalue weighted by Gasteiger charge is 2.30. The Bertz CT molecular complexity index is 1040. The molecule has 3 rings (SSSR count). The van der Waals surface area contributed by atoms with Crippen molar-refractivity contribution < 1.29 is 27.8 Å². The van der Waals surface area contributed by atoms with Gasteiger partial charge in [-0.15, -0.1) is 0 Å². The molecule has 0 aliphatic heterocycles. The monoisotopic (exact) mass is 409 g/mol. The van der Waals surface area contributed by atoms with Crippen molar-refractivity contribution in [1.82, 2.24) is 4.98 Å². The van der Waals surface area contributed by atoms with Gasteiger partial charge in [-0.25, -0.2) is 0 Å². The molecule has 2 aromatic carbocycles. The van der Waals surface area contributed by atoms with Crippen LogP contribution in [-0.2, 0) is 12.6 Å². The van der Waals surface area contributed by atoms with Crippen LogP contribution in [0.25, 0.3) is 0 Å². The summed E-state index contributed by atoms with van der Waals surface area (Å²) in [6.07, 6.45) is -4.17. The van der Waals surface area contributed by atoms with Gasteiger partial charge in [-0.1, -0.05) is 35.6 Å². The fourth-order valence-corrected chi connectivity index (χ4v) is 3.22. The molecular formula is C19H14F3NO4S. The Morgan fingerprint density at radius 1 is 1.14 bits per heavy atom. The zero-order valence-electron chi connectivity index (χ0n) is 14.2. The minimum absolute atomic E-state index is 0.0794. The molecule has 0 saturated heterocycles. The molecule has 0 bridgehead atoms. The lowest BCUT2D eigenvalue weighted by molar-refractivity contribution is -0.137. The number of aromatic amines is 1. The summed E-state index contributed by atoms with van der Waals surface area (Å²) in [7, 11) is 0. The summed E-state index contributed by atoms with van der Waals surface area (Å²) in [5.41, 5.74) is -0.163. The smallest absolute Gasteiger partial charge is 0.416 e. The number of Topliss-reactive ketones (excluding diaryl/α,β-unsaturated/α-hetero) is 1. The Kier molecular flexibility index (Phi) is 5.55. The maximum absolute atomic E-state index is 12.7. The zero-order chi connectivity index (χ0) is 20.3. The molecule has 9 heteroatoms. The van der Waals surface area contributed by atoms with Crippen LogP contribution in [-0.4, -0.2) is 22.5 Å². The van der Waals surface area contributed by atoms with Crippen LogP contribution < -0.4 is 9.61 Å². The Morgan fingerprint density at radius 3 is 2.46 bits per heavy atom. The molecule has 2 N–H and O–H groups in total. The number of ether oxygens (including phenoxy) is 1. The van der Waals surface area contributed by atoms with E-state index in [4.69, 9.17) is 4.74 Å². The SMILES string of the molecule is O=C(COc1ccc(Cc2sc(=O)[nH]c2O)cc1)c1cccc(C(F)(F)F)c1. The van der Waals surface area contributed by atoms with Crippen LogP contribution in [0.2, 0.25) is 0 Å². The number of hydrogen-bond donors (Lipinski definition) is 2. The highest BCUT2D eigenvalue weighted by atomic mass is 32.1. The summed E-state index contributed by atoms with van der Waals surface area (Å²) in [6, 6.07) is 10.8. The Labute approximate surface area is 161 Å². The van der Waals surface area contributed by atoms with E-state index in [0.717, 1.165) is 29.0 Å². The second-order valence-electron chi connectivity index (χ2n) is 5.90. The Balaban J connectivity index is 1.61. The summed E-state index contributed by atoms with van der Waals surface area (Å²) in [4.78, 5) is 25.7. The van der Waals surface area contributed by atoms with Gasteiger partial charge in [0.2, 0.25) is 5.88 Å². The third kappa shape index (κ3) is 4.80. The topological polar surface area (TPSA) is 79.4 Å². The number of halogens is 3. The van der Waals surface area contributed by atoms with Crippen molar-refractivity contribution >= 4 is 17.1 Å². The molecule has 0 unspecified atom stereocenters. The summed E-state index contributed by atoms with van der Waals surface area (Å²) in [5, 5.41) is 9.59. The number of aromatic nitrogens is 1. The number of nitrogens with one attached hydrogen (secondary N) is 1. The van der Waals surface area contributed by atoms with Gasteiger partial charge in [-0.2, -0.15) is 13.2 Å². The average molecular weight is 409 g/mol. The Hall–Kier alpha value is -3.07. The van der Waals surface area contributed by atoms with Crippen molar-refractivity contribution in [2.24, 2.45) is 0 Å². The molecule has 28 heavy (non-hydrogen) atoms. The van der Waals surface area contributed by atoms with Crippen LogP contribution in [0, 0.1) is 0 Å². The fraction of sp³-hybridized carbons (Fsp3) is 0.158. The minimum Gasteiger partial charge on any atom is -0.494 e. The van der Waals surface area contributed by atoms with Gasteiger partial charge >= 0.3 is 11.0 Å². The van der Waals surface area contributed by atoms with E-state index in [1.165, 1.54) is 12.1 Å². The van der Waals surface area contributed by atoms with Crippen LogP contribution in [0.1, 0.15) is 26.4 Å². The number of thiazole rings is 1. The predicted molar refractivity (Wildman–Crippen MR) is 97.1 cm³/mol. The molecule has 0 amide bonds. The number of benzene rings is 2. The van der Waals surface area contributed by atoms with Crippen molar-refractivity contribution in [3.05, 3.63) is 79.8 Å². The first-order valence-electron chi connectivity index (χ1n) is 8.05. The molecule has 0 radical (unpaired) electrons. The van der Waals surface area contributed by atoms with Crippen molar-refractivity contribution in [2.45, 2.75) is 12.6 Å². The Morgan fingerprint density at radius 2 is 1.86 bits per heavy atom. The lowest BCUT2D eigenvalue weighted by Crippen LogP contribution is -2.13. The van der Waals surface area contributed by atoms with Gasteiger partial charge in [0.25, 0.3) is 0 Å². The molecule has 5 nitrogen and oxygen atoms in total. The number of alkyl halides is 3. The highest BCUT2D eigenvalue weighted by molar-refractivity contribution is 7.09. The predicted octanol–water partition coefficient (Wildman–Crippen LogP) is 4.01. The third-order valence-corrected chi connectivity index (χ3v) is 4.74. The van der Waals surface area contributed by atoms with E-state index in [2.05, 4.69) is 4.98 Å². The van der Waals surface area contributed by atoms with Crippen LogP contribution in [0.5, 0.6) is 11.6 Å². The number of rotatable bonds is 6. The van der Waals surface area contributed by atoms with Crippen molar-refractivity contribution in [2.75, 3.05) is 6.61 Å². The first-order valence-corrected chi connectivity index (χ1v) is 8.87. The van der Waals surface area contributed by atoms with E-state index < -0.39 is 24.1 Å². The van der Waals surface area contributed by atoms with Gasteiger partial charge in [-0.3, -0.25) is 14.6 Å². The number of H-pyrrole nitrogens is 1. The van der Waals surface area contributed by atoms with E-state index in [1.54, 1.807) is 24.3 Å². The maximum atomic E-state index is 12.7. The summed E-state index contributed by atoms with van der Waals surface area (Å²) < 4.78 is 43.5. The molecule has 0 saturated carbocycles. The average Bonchev–Trinajstić information content (AvgIpc) is 2.97. The van der Waals surface area contributed by atoms with E-state index in [1.807, 2.05) is 0 Å². The van der Waals surface area contributed by atoms with Gasteiger partial charge in [-0.05, 0) is 29.8 Å². The lowest BCUT2D eigenvalue weighted by Gasteiger charge is -2.09. The molecule has 0 aliphatic rings. The van der Waals surface area contributed by atoms with Crippen molar-refractivity contribution in [1.29, 1.82) is 0 Å². The molecule has 3 aromatic rings. The first kappa shape index (κ1) is 19.7. The number of ketones is 1. The first-order chi connectivity index (χ1) is 13.2. The standard InChI is InChI=1S/C19H14F3NO4S/c20-19(21,22)13-3-1-2-12(9-13)15(24)10-27-14-6-4-11(5-7-14)8-16-17(25)23-18(26)28-16/h1-7,9,25H,8,10H2,(H,23,26). The van der Waals surface area contributed by atoms with E-state index in [0.29, 0.717) is 17.0 Å². The molecular weight excluding hydrogens is 395 g/mol.